The number of ether oxygens (including phenoxy) is 2. The number of nitrogens with zero attached hydrogens (tertiary/aromatic N) is 3. The third kappa shape index (κ3) is 5.60. The Bertz CT molecular complexity index is 865. The fraction of sp³-hybridized carbons (Fsp3) is 0.150. The van der Waals surface area contributed by atoms with Crippen molar-refractivity contribution in [3.05, 3.63) is 71.8 Å². The molecule has 0 aliphatic heterocycles. The highest BCUT2D eigenvalue weighted by molar-refractivity contribution is 6.65. The zero-order valence-electron chi connectivity index (χ0n) is 15.7. The smallest absolute Gasteiger partial charge is 0.427 e. The molecular formula is C20H20N4O4. The van der Waals surface area contributed by atoms with E-state index in [4.69, 9.17) is 4.74 Å². The first-order valence-corrected chi connectivity index (χ1v) is 8.30. The summed E-state index contributed by atoms with van der Waals surface area (Å²) >= 11 is 0. The van der Waals surface area contributed by atoms with Crippen molar-refractivity contribution in [2.24, 2.45) is 15.3 Å². The Morgan fingerprint density at radius 1 is 0.821 bits per heavy atom. The Hall–Kier alpha value is -3.81. The van der Waals surface area contributed by atoms with Crippen LogP contribution in [0.3, 0.4) is 0 Å². The molecule has 28 heavy (non-hydrogen) atoms. The van der Waals surface area contributed by atoms with Gasteiger partial charge in [-0.1, -0.05) is 60.7 Å². The zero-order valence-corrected chi connectivity index (χ0v) is 15.7. The summed E-state index contributed by atoms with van der Waals surface area (Å²) in [5, 5.41) is 12.1. The molecule has 144 valence electrons. The lowest BCUT2D eigenvalue weighted by molar-refractivity contribution is -0.132. The first kappa shape index (κ1) is 20.5. The van der Waals surface area contributed by atoms with Crippen molar-refractivity contribution in [2.75, 3.05) is 14.2 Å². The van der Waals surface area contributed by atoms with Crippen LogP contribution in [0.25, 0.3) is 0 Å². The van der Waals surface area contributed by atoms with Gasteiger partial charge in [0.25, 0.3) is 0 Å². The predicted molar refractivity (Wildman–Crippen MR) is 107 cm³/mol. The SMILES string of the molecule is COC(=O)N/N=C(C)/C(=N\N=C(c1ccccc1)c1ccccc1)C(=O)OC. The number of hydrazone groups is 1. The second kappa shape index (κ2) is 10.4. The van der Waals surface area contributed by atoms with Crippen molar-refractivity contribution in [3.8, 4) is 0 Å². The zero-order chi connectivity index (χ0) is 20.4. The fourth-order valence-electron chi connectivity index (χ4n) is 2.16. The third-order valence-electron chi connectivity index (χ3n) is 3.57. The van der Waals surface area contributed by atoms with E-state index in [2.05, 4.69) is 25.5 Å². The van der Waals surface area contributed by atoms with Crippen LogP contribution in [0, 0.1) is 0 Å². The van der Waals surface area contributed by atoms with E-state index in [0.717, 1.165) is 11.1 Å². The van der Waals surface area contributed by atoms with Gasteiger partial charge in [-0.15, -0.1) is 10.2 Å². The number of methoxy groups -OCH3 is 2. The molecule has 0 unspecified atom stereocenters. The summed E-state index contributed by atoms with van der Waals surface area (Å²) in [6.45, 7) is 1.49. The van der Waals surface area contributed by atoms with E-state index in [1.165, 1.54) is 21.1 Å². The molecule has 0 heterocycles. The number of nitrogens with one attached hydrogen (secondary N) is 1. The van der Waals surface area contributed by atoms with Crippen LogP contribution in [0.2, 0.25) is 0 Å². The Kier molecular flexibility index (Phi) is 7.59. The summed E-state index contributed by atoms with van der Waals surface area (Å²) in [5.74, 6) is -0.739. The molecule has 0 saturated carbocycles. The number of rotatable bonds is 6. The lowest BCUT2D eigenvalue weighted by Crippen LogP contribution is -2.27. The topological polar surface area (TPSA) is 102 Å². The van der Waals surface area contributed by atoms with E-state index in [0.29, 0.717) is 5.71 Å². The monoisotopic (exact) mass is 380 g/mol. The van der Waals surface area contributed by atoms with Crippen LogP contribution in [-0.4, -0.2) is 43.4 Å². The molecule has 8 nitrogen and oxygen atoms in total. The standard InChI is InChI=1S/C20H20N4O4/c1-14(21-24-20(26)28-3)17(19(25)27-2)22-23-18(15-10-6-4-7-11-15)16-12-8-5-9-13-16/h4-13H,1-3H3,(H,24,26)/b21-14+,22-17+. The number of carbonyl (C=O) groups excluding carboxylic acids is 2. The second-order valence-electron chi connectivity index (χ2n) is 5.42. The minimum absolute atomic E-state index is 0.112. The summed E-state index contributed by atoms with van der Waals surface area (Å²) in [7, 11) is 2.42. The molecule has 2 rings (SSSR count). The second-order valence-corrected chi connectivity index (χ2v) is 5.42. The van der Waals surface area contributed by atoms with Gasteiger partial charge in [0.2, 0.25) is 0 Å². The van der Waals surface area contributed by atoms with Crippen LogP contribution >= 0.6 is 0 Å². The van der Waals surface area contributed by atoms with Crippen LogP contribution in [0.15, 0.2) is 76.0 Å². The molecule has 0 radical (unpaired) electrons. The van der Waals surface area contributed by atoms with E-state index >= 15 is 0 Å². The minimum atomic E-state index is -0.777. The summed E-state index contributed by atoms with van der Waals surface area (Å²) in [5.41, 5.74) is 4.31. The van der Waals surface area contributed by atoms with E-state index in [1.807, 2.05) is 60.7 Å². The van der Waals surface area contributed by atoms with Crippen molar-refractivity contribution in [3.63, 3.8) is 0 Å². The Morgan fingerprint density at radius 2 is 1.36 bits per heavy atom. The maximum atomic E-state index is 12.1. The van der Waals surface area contributed by atoms with Crippen LogP contribution in [-0.2, 0) is 14.3 Å². The van der Waals surface area contributed by atoms with Gasteiger partial charge in [0.05, 0.1) is 19.9 Å². The van der Waals surface area contributed by atoms with Gasteiger partial charge in [0.1, 0.15) is 5.71 Å². The highest BCUT2D eigenvalue weighted by Gasteiger charge is 2.17. The molecule has 8 heteroatoms. The van der Waals surface area contributed by atoms with Gasteiger partial charge >= 0.3 is 12.1 Å². The summed E-state index contributed by atoms with van der Waals surface area (Å²) in [6.07, 6.45) is -0.777. The number of benzene rings is 2. The lowest BCUT2D eigenvalue weighted by atomic mass is 10.0. The highest BCUT2D eigenvalue weighted by atomic mass is 16.5. The lowest BCUT2D eigenvalue weighted by Gasteiger charge is -2.07. The number of carbonyl (C=O) groups is 2. The average molecular weight is 380 g/mol. The largest absolute Gasteiger partial charge is 0.464 e. The van der Waals surface area contributed by atoms with Gasteiger partial charge in [0.15, 0.2) is 5.71 Å². The van der Waals surface area contributed by atoms with Crippen LogP contribution in [0.5, 0.6) is 0 Å². The van der Waals surface area contributed by atoms with Gasteiger partial charge in [-0.3, -0.25) is 0 Å². The molecule has 0 saturated heterocycles. The van der Waals surface area contributed by atoms with Gasteiger partial charge in [0, 0.05) is 11.1 Å². The van der Waals surface area contributed by atoms with E-state index < -0.39 is 12.1 Å². The molecule has 1 amide bonds. The molecule has 0 aromatic heterocycles. The molecule has 0 aliphatic carbocycles. The number of amides is 1. The van der Waals surface area contributed by atoms with Gasteiger partial charge < -0.3 is 9.47 Å². The van der Waals surface area contributed by atoms with Crippen molar-refractivity contribution < 1.29 is 19.1 Å². The summed E-state index contributed by atoms with van der Waals surface area (Å²) in [6, 6.07) is 18.9. The van der Waals surface area contributed by atoms with Gasteiger partial charge in [-0.25, -0.2) is 15.0 Å². The van der Waals surface area contributed by atoms with Crippen molar-refractivity contribution in [1.29, 1.82) is 0 Å². The van der Waals surface area contributed by atoms with Crippen molar-refractivity contribution in [2.45, 2.75) is 6.92 Å². The molecule has 0 spiro atoms. The van der Waals surface area contributed by atoms with E-state index in [9.17, 15) is 9.59 Å². The fourth-order valence-corrected chi connectivity index (χ4v) is 2.16. The highest BCUT2D eigenvalue weighted by Crippen LogP contribution is 2.11. The molecule has 0 fully saturated rings. The third-order valence-corrected chi connectivity index (χ3v) is 3.57. The quantitative estimate of drug-likeness (QED) is 0.473. The maximum Gasteiger partial charge on any atom is 0.427 e. The van der Waals surface area contributed by atoms with Crippen molar-refractivity contribution in [1.82, 2.24) is 5.43 Å². The molecular weight excluding hydrogens is 360 g/mol. The van der Waals surface area contributed by atoms with E-state index in [-0.39, 0.29) is 11.4 Å². The maximum absolute atomic E-state index is 12.1. The average Bonchev–Trinajstić information content (AvgIpc) is 2.75. The van der Waals surface area contributed by atoms with Crippen LogP contribution in [0.4, 0.5) is 4.79 Å². The van der Waals surface area contributed by atoms with Crippen molar-refractivity contribution >= 4 is 29.2 Å². The molecule has 1 N–H and O–H groups in total. The normalized spacial score (nSPS) is 11.4. The van der Waals surface area contributed by atoms with Crippen LogP contribution in [0.1, 0.15) is 18.1 Å². The van der Waals surface area contributed by atoms with Gasteiger partial charge in [-0.2, -0.15) is 5.10 Å². The first-order chi connectivity index (χ1) is 13.6. The van der Waals surface area contributed by atoms with E-state index in [1.54, 1.807) is 0 Å². The molecule has 0 atom stereocenters. The summed E-state index contributed by atoms with van der Waals surface area (Å²) in [4.78, 5) is 23.3. The predicted octanol–water partition coefficient (Wildman–Crippen LogP) is 2.78. The van der Waals surface area contributed by atoms with Crippen LogP contribution < -0.4 is 5.43 Å². The Morgan fingerprint density at radius 3 is 1.82 bits per heavy atom. The number of hydrogen-bond donors (Lipinski definition) is 1. The van der Waals surface area contributed by atoms with Gasteiger partial charge in [-0.05, 0) is 6.92 Å². The molecule has 2 aromatic rings. The number of hydrogen-bond acceptors (Lipinski definition) is 7. The molecule has 0 bridgehead atoms. The summed E-state index contributed by atoms with van der Waals surface area (Å²) < 4.78 is 9.19. The molecule has 2 aromatic carbocycles. The Balaban J connectivity index is 2.50. The minimum Gasteiger partial charge on any atom is -0.464 e. The number of esters is 1. The Labute approximate surface area is 162 Å². The first-order valence-electron chi connectivity index (χ1n) is 8.30. The molecule has 0 aliphatic rings.